The molecular weight excluding hydrogens is 278 g/mol. The highest BCUT2D eigenvalue weighted by atomic mass is 16.5. The Morgan fingerprint density at radius 2 is 1.95 bits per heavy atom. The first-order chi connectivity index (χ1) is 10.7. The van der Waals surface area contributed by atoms with E-state index >= 15 is 0 Å². The van der Waals surface area contributed by atoms with E-state index in [1.165, 1.54) is 0 Å². The maximum Gasteiger partial charge on any atom is 0.138 e. The van der Waals surface area contributed by atoms with E-state index in [4.69, 9.17) is 4.74 Å². The van der Waals surface area contributed by atoms with Crippen LogP contribution < -0.4 is 4.74 Å². The van der Waals surface area contributed by atoms with Gasteiger partial charge >= 0.3 is 0 Å². The molecule has 0 radical (unpaired) electrons. The molecule has 0 saturated carbocycles. The van der Waals surface area contributed by atoms with Gasteiger partial charge in [0.15, 0.2) is 0 Å². The summed E-state index contributed by atoms with van der Waals surface area (Å²) >= 11 is 0. The minimum absolute atomic E-state index is 0.267. The number of hydrogen-bond donors (Lipinski definition) is 0. The molecule has 2 heterocycles. The smallest absolute Gasteiger partial charge is 0.138 e. The molecule has 1 atom stereocenters. The second-order valence-corrected chi connectivity index (χ2v) is 5.22. The van der Waals surface area contributed by atoms with E-state index in [9.17, 15) is 0 Å². The van der Waals surface area contributed by atoms with Crippen molar-refractivity contribution in [3.63, 3.8) is 0 Å². The summed E-state index contributed by atoms with van der Waals surface area (Å²) in [7, 11) is 1.66. The largest absolute Gasteiger partial charge is 0.497 e. The molecule has 22 heavy (non-hydrogen) atoms. The van der Waals surface area contributed by atoms with Crippen molar-refractivity contribution in [3.8, 4) is 11.4 Å². The lowest BCUT2D eigenvalue weighted by molar-refractivity contribution is 0.414. The van der Waals surface area contributed by atoms with Crippen LogP contribution in [-0.2, 0) is 6.42 Å². The van der Waals surface area contributed by atoms with E-state index in [0.29, 0.717) is 0 Å². The van der Waals surface area contributed by atoms with E-state index in [1.54, 1.807) is 13.4 Å². The molecule has 1 aromatic carbocycles. The zero-order valence-corrected chi connectivity index (χ0v) is 13.0. The molecule has 0 aliphatic rings. The molecule has 0 fully saturated rings. The number of nitrogens with zero attached hydrogens (tertiary/aromatic N) is 5. The van der Waals surface area contributed by atoms with Crippen LogP contribution in [0.4, 0.5) is 0 Å². The Hall–Kier alpha value is -2.63. The molecule has 0 bridgehead atoms. The second kappa shape index (κ2) is 6.01. The van der Waals surface area contributed by atoms with Crippen LogP contribution >= 0.6 is 0 Å². The number of rotatable bonds is 5. The Morgan fingerprint density at radius 1 is 1.18 bits per heavy atom. The molecule has 3 rings (SSSR count). The van der Waals surface area contributed by atoms with E-state index in [1.807, 2.05) is 48.3 Å². The number of ether oxygens (including phenoxy) is 1. The number of methoxy groups -OCH3 is 1. The molecule has 0 aliphatic heterocycles. The van der Waals surface area contributed by atoms with Crippen LogP contribution in [0.15, 0.2) is 43.0 Å². The minimum Gasteiger partial charge on any atom is -0.497 e. The van der Waals surface area contributed by atoms with Crippen LogP contribution in [0.1, 0.15) is 24.6 Å². The van der Waals surface area contributed by atoms with Crippen LogP contribution in [-0.4, -0.2) is 31.4 Å². The molecular formula is C16H19N5O. The van der Waals surface area contributed by atoms with Crippen molar-refractivity contribution in [2.75, 3.05) is 7.11 Å². The first-order valence-corrected chi connectivity index (χ1v) is 7.22. The molecule has 6 nitrogen and oxygen atoms in total. The van der Waals surface area contributed by atoms with Crippen molar-refractivity contribution in [1.82, 2.24) is 24.3 Å². The fraction of sp³-hybridized carbons (Fsp3) is 0.312. The third-order valence-electron chi connectivity index (χ3n) is 3.75. The lowest BCUT2D eigenvalue weighted by Crippen LogP contribution is -2.13. The number of benzene rings is 1. The summed E-state index contributed by atoms with van der Waals surface area (Å²) < 4.78 is 9.20. The molecule has 3 aromatic rings. The molecule has 0 saturated heterocycles. The van der Waals surface area contributed by atoms with E-state index < -0.39 is 0 Å². The van der Waals surface area contributed by atoms with Crippen LogP contribution in [0.25, 0.3) is 5.69 Å². The zero-order chi connectivity index (χ0) is 15.5. The molecule has 6 heteroatoms. The van der Waals surface area contributed by atoms with Crippen molar-refractivity contribution in [1.29, 1.82) is 0 Å². The SMILES string of the molecule is COc1ccc(-n2ncnc2CC(C)n2ccnc2C)cc1. The highest BCUT2D eigenvalue weighted by Gasteiger charge is 2.13. The maximum atomic E-state index is 5.19. The third kappa shape index (κ3) is 2.72. The van der Waals surface area contributed by atoms with Gasteiger partial charge in [-0.15, -0.1) is 0 Å². The van der Waals surface area contributed by atoms with Gasteiger partial charge in [0.25, 0.3) is 0 Å². The van der Waals surface area contributed by atoms with Crippen LogP contribution in [0, 0.1) is 6.92 Å². The van der Waals surface area contributed by atoms with Crippen molar-refractivity contribution in [2.24, 2.45) is 0 Å². The molecule has 114 valence electrons. The summed E-state index contributed by atoms with van der Waals surface area (Å²) in [4.78, 5) is 8.67. The molecule has 0 aliphatic carbocycles. The van der Waals surface area contributed by atoms with Gasteiger partial charge < -0.3 is 9.30 Å². The van der Waals surface area contributed by atoms with Crippen molar-refractivity contribution >= 4 is 0 Å². The number of aromatic nitrogens is 5. The Morgan fingerprint density at radius 3 is 2.59 bits per heavy atom. The molecule has 2 aromatic heterocycles. The van der Waals surface area contributed by atoms with Crippen molar-refractivity contribution in [2.45, 2.75) is 26.3 Å². The van der Waals surface area contributed by atoms with Crippen LogP contribution in [0.2, 0.25) is 0 Å². The van der Waals surface area contributed by atoms with Gasteiger partial charge in [-0.2, -0.15) is 5.10 Å². The van der Waals surface area contributed by atoms with Crippen molar-refractivity contribution < 1.29 is 4.74 Å². The van der Waals surface area contributed by atoms with Gasteiger partial charge in [0.1, 0.15) is 23.7 Å². The quantitative estimate of drug-likeness (QED) is 0.726. The van der Waals surface area contributed by atoms with Crippen LogP contribution in [0.3, 0.4) is 0 Å². The Balaban J connectivity index is 1.84. The Kier molecular flexibility index (Phi) is 3.91. The van der Waals surface area contributed by atoms with Gasteiger partial charge in [-0.1, -0.05) is 0 Å². The molecule has 0 spiro atoms. The third-order valence-corrected chi connectivity index (χ3v) is 3.75. The fourth-order valence-corrected chi connectivity index (χ4v) is 2.56. The van der Waals surface area contributed by atoms with E-state index in [2.05, 4.69) is 26.6 Å². The average Bonchev–Trinajstić information content (AvgIpc) is 3.16. The predicted molar refractivity (Wildman–Crippen MR) is 83.3 cm³/mol. The Bertz CT molecular complexity index is 744. The summed E-state index contributed by atoms with van der Waals surface area (Å²) in [5.74, 6) is 2.75. The zero-order valence-electron chi connectivity index (χ0n) is 13.0. The monoisotopic (exact) mass is 297 g/mol. The molecule has 0 N–H and O–H groups in total. The minimum atomic E-state index is 0.267. The van der Waals surface area contributed by atoms with E-state index in [0.717, 1.165) is 29.5 Å². The summed E-state index contributed by atoms with van der Waals surface area (Å²) in [5.41, 5.74) is 0.975. The standard InChI is InChI=1S/C16H19N5O/c1-12(20-9-8-17-13(20)2)10-16-18-11-19-21(16)14-4-6-15(22-3)7-5-14/h4-9,11-12H,10H2,1-3H3. The highest BCUT2D eigenvalue weighted by Crippen LogP contribution is 2.18. The van der Waals surface area contributed by atoms with Gasteiger partial charge in [-0.25, -0.2) is 14.6 Å². The lowest BCUT2D eigenvalue weighted by Gasteiger charge is -2.15. The normalized spacial score (nSPS) is 12.3. The molecule has 1 unspecified atom stereocenters. The number of hydrogen-bond acceptors (Lipinski definition) is 4. The van der Waals surface area contributed by atoms with Gasteiger partial charge in [-0.05, 0) is 38.1 Å². The summed E-state index contributed by atoms with van der Waals surface area (Å²) in [5, 5.41) is 4.34. The Labute approximate surface area is 129 Å². The topological polar surface area (TPSA) is 57.8 Å². The first kappa shape index (κ1) is 14.3. The van der Waals surface area contributed by atoms with Crippen molar-refractivity contribution in [3.05, 3.63) is 54.6 Å². The predicted octanol–water partition coefficient (Wildman–Crippen LogP) is 2.58. The lowest BCUT2D eigenvalue weighted by atomic mass is 10.2. The number of imidazole rings is 1. The van der Waals surface area contributed by atoms with Crippen LogP contribution in [0.5, 0.6) is 5.75 Å². The summed E-state index contributed by atoms with van der Waals surface area (Å²) in [6, 6.07) is 8.06. The maximum absolute atomic E-state index is 5.19. The average molecular weight is 297 g/mol. The molecule has 0 amide bonds. The van der Waals surface area contributed by atoms with Gasteiger partial charge in [0, 0.05) is 24.9 Å². The highest BCUT2D eigenvalue weighted by molar-refractivity contribution is 5.37. The second-order valence-electron chi connectivity index (χ2n) is 5.22. The van der Waals surface area contributed by atoms with E-state index in [-0.39, 0.29) is 6.04 Å². The fourth-order valence-electron chi connectivity index (χ4n) is 2.56. The first-order valence-electron chi connectivity index (χ1n) is 7.22. The van der Waals surface area contributed by atoms with Gasteiger partial charge in [0.2, 0.25) is 0 Å². The summed E-state index contributed by atoms with van der Waals surface area (Å²) in [6.45, 7) is 4.16. The van der Waals surface area contributed by atoms with Gasteiger partial charge in [-0.3, -0.25) is 0 Å². The van der Waals surface area contributed by atoms with Gasteiger partial charge in [0.05, 0.1) is 12.8 Å². The number of aryl methyl sites for hydroxylation is 1. The summed E-state index contributed by atoms with van der Waals surface area (Å²) in [6.07, 6.45) is 6.18.